The van der Waals surface area contributed by atoms with Crippen molar-refractivity contribution in [2.75, 3.05) is 13.1 Å². The van der Waals surface area contributed by atoms with Crippen LogP contribution in [0, 0.1) is 0 Å². The highest BCUT2D eigenvalue weighted by molar-refractivity contribution is 5.94. The number of aliphatic imine (C=N–C) groups is 2. The number of nitrogens with one attached hydrogen (secondary N) is 3. The summed E-state index contributed by atoms with van der Waals surface area (Å²) in [6.45, 7) is 0.425. The van der Waals surface area contributed by atoms with E-state index in [1.54, 1.807) is 30.3 Å². The second-order valence-corrected chi connectivity index (χ2v) is 10.6. The predicted octanol–water partition coefficient (Wildman–Crippen LogP) is -1.85. The number of rotatable bonds is 19. The van der Waals surface area contributed by atoms with Crippen LogP contribution in [0.25, 0.3) is 0 Å². The molecule has 2 rings (SSSR count). The van der Waals surface area contributed by atoms with Crippen LogP contribution in [0.1, 0.15) is 36.8 Å². The first-order chi connectivity index (χ1) is 21.8. The van der Waals surface area contributed by atoms with Crippen LogP contribution in [0.3, 0.4) is 0 Å². The van der Waals surface area contributed by atoms with Crippen LogP contribution in [0.15, 0.2) is 64.6 Å². The van der Waals surface area contributed by atoms with E-state index < -0.39 is 47.9 Å². The summed E-state index contributed by atoms with van der Waals surface area (Å²) in [5.41, 5.74) is 28.8. The maximum Gasteiger partial charge on any atom is 0.326 e. The first kappa shape index (κ1) is 36.8. The van der Waals surface area contributed by atoms with E-state index in [2.05, 4.69) is 25.9 Å². The Morgan fingerprint density at radius 1 is 0.652 bits per heavy atom. The molecule has 0 radical (unpaired) electrons. The van der Waals surface area contributed by atoms with E-state index in [4.69, 9.17) is 28.7 Å². The molecule has 0 heterocycles. The van der Waals surface area contributed by atoms with Gasteiger partial charge >= 0.3 is 5.97 Å². The van der Waals surface area contributed by atoms with Gasteiger partial charge in [-0.15, -0.1) is 0 Å². The van der Waals surface area contributed by atoms with Crippen molar-refractivity contribution in [3.8, 4) is 5.75 Å². The van der Waals surface area contributed by atoms with Crippen molar-refractivity contribution in [2.24, 2.45) is 38.7 Å². The minimum absolute atomic E-state index is 0.00672. The van der Waals surface area contributed by atoms with Crippen molar-refractivity contribution < 1.29 is 29.4 Å². The average Bonchev–Trinajstić information content (AvgIpc) is 3.01. The van der Waals surface area contributed by atoms with E-state index in [1.807, 2.05) is 0 Å². The van der Waals surface area contributed by atoms with E-state index in [1.165, 1.54) is 24.3 Å². The highest BCUT2D eigenvalue weighted by atomic mass is 16.4. The molecule has 0 spiro atoms. The molecule has 0 aliphatic heterocycles. The normalized spacial score (nSPS) is 13.2. The van der Waals surface area contributed by atoms with Gasteiger partial charge in [-0.25, -0.2) is 4.79 Å². The Balaban J connectivity index is 2.23. The van der Waals surface area contributed by atoms with Crippen LogP contribution in [0.4, 0.5) is 0 Å². The van der Waals surface area contributed by atoms with Crippen LogP contribution >= 0.6 is 0 Å². The van der Waals surface area contributed by atoms with Gasteiger partial charge in [-0.1, -0.05) is 42.5 Å². The molecule has 2 aromatic carbocycles. The van der Waals surface area contributed by atoms with Gasteiger partial charge in [0.15, 0.2) is 11.9 Å². The van der Waals surface area contributed by atoms with E-state index >= 15 is 0 Å². The fraction of sp³-hybridized carbons (Fsp3) is 0.400. The molecule has 0 saturated heterocycles. The maximum atomic E-state index is 13.6. The predicted molar refractivity (Wildman–Crippen MR) is 173 cm³/mol. The van der Waals surface area contributed by atoms with E-state index in [0.29, 0.717) is 12.0 Å². The van der Waals surface area contributed by atoms with Crippen molar-refractivity contribution in [3.63, 3.8) is 0 Å². The van der Waals surface area contributed by atoms with Crippen molar-refractivity contribution >= 4 is 35.6 Å². The SMILES string of the molecule is NC(N)=NCCCC(N)C(=O)NC(Cc1ccccc1)C(=O)NC(CCCN=C(N)N)C(=O)NC(Cc1ccc(O)cc1)C(=O)O. The zero-order valence-electron chi connectivity index (χ0n) is 25.5. The van der Waals surface area contributed by atoms with Gasteiger partial charge in [-0.2, -0.15) is 0 Å². The van der Waals surface area contributed by atoms with E-state index in [0.717, 1.165) is 5.56 Å². The summed E-state index contributed by atoms with van der Waals surface area (Å²) in [5.74, 6) is -3.55. The molecule has 46 heavy (non-hydrogen) atoms. The zero-order chi connectivity index (χ0) is 34.1. The number of nitrogens with two attached hydrogens (primary N) is 5. The number of hydrogen-bond donors (Lipinski definition) is 10. The molecule has 0 aromatic heterocycles. The van der Waals surface area contributed by atoms with Crippen molar-refractivity contribution in [1.29, 1.82) is 0 Å². The number of guanidine groups is 2. The molecule has 15 N–H and O–H groups in total. The average molecular weight is 641 g/mol. The molecule has 0 aliphatic rings. The number of aromatic hydroxyl groups is 1. The number of carboxylic acids is 1. The molecule has 16 nitrogen and oxygen atoms in total. The fourth-order valence-corrected chi connectivity index (χ4v) is 4.37. The molecule has 16 heteroatoms. The summed E-state index contributed by atoms with van der Waals surface area (Å²) in [5, 5.41) is 27.2. The Bertz CT molecular complexity index is 1350. The summed E-state index contributed by atoms with van der Waals surface area (Å²) in [4.78, 5) is 59.8. The quantitative estimate of drug-likeness (QED) is 0.0462. The van der Waals surface area contributed by atoms with Gasteiger partial charge in [0.25, 0.3) is 0 Å². The van der Waals surface area contributed by atoms with Gasteiger partial charge in [-0.05, 0) is 48.9 Å². The lowest BCUT2D eigenvalue weighted by atomic mass is 10.0. The Morgan fingerprint density at radius 3 is 1.70 bits per heavy atom. The fourth-order valence-electron chi connectivity index (χ4n) is 4.37. The van der Waals surface area contributed by atoms with Gasteiger partial charge in [0.1, 0.15) is 23.9 Å². The topological polar surface area (TPSA) is 300 Å². The number of carboxylic acid groups (broad SMARTS) is 1. The number of hydrogen-bond acceptors (Lipinski definition) is 8. The minimum Gasteiger partial charge on any atom is -0.508 e. The molecule has 4 unspecified atom stereocenters. The monoisotopic (exact) mass is 640 g/mol. The lowest BCUT2D eigenvalue weighted by Crippen LogP contribution is -2.57. The summed E-state index contributed by atoms with van der Waals surface area (Å²) in [6.07, 6.45) is 0.993. The number of benzene rings is 2. The highest BCUT2D eigenvalue weighted by Gasteiger charge is 2.30. The van der Waals surface area contributed by atoms with Crippen LogP contribution in [0.2, 0.25) is 0 Å². The number of aliphatic carboxylic acids is 1. The molecule has 250 valence electrons. The largest absolute Gasteiger partial charge is 0.508 e. The number of amides is 3. The van der Waals surface area contributed by atoms with Crippen molar-refractivity contribution in [1.82, 2.24) is 16.0 Å². The molecule has 0 aliphatic carbocycles. The Labute approximate surface area is 266 Å². The number of nitrogens with zero attached hydrogens (tertiary/aromatic N) is 2. The molecule has 3 amide bonds. The van der Waals surface area contributed by atoms with E-state index in [-0.39, 0.29) is 62.9 Å². The van der Waals surface area contributed by atoms with Gasteiger partial charge in [0, 0.05) is 25.9 Å². The summed E-state index contributed by atoms with van der Waals surface area (Å²) in [6, 6.07) is 10.2. The van der Waals surface area contributed by atoms with Gasteiger partial charge in [0.2, 0.25) is 17.7 Å². The van der Waals surface area contributed by atoms with Crippen molar-refractivity contribution in [3.05, 3.63) is 65.7 Å². The van der Waals surface area contributed by atoms with Crippen LogP contribution < -0.4 is 44.6 Å². The second-order valence-electron chi connectivity index (χ2n) is 10.6. The van der Waals surface area contributed by atoms with Crippen molar-refractivity contribution in [2.45, 2.75) is 62.7 Å². The summed E-state index contributed by atoms with van der Waals surface area (Å²) >= 11 is 0. The standard InChI is InChI=1S/C30H44N10O6/c31-21(8-4-14-36-29(32)33)25(42)39-23(16-18-6-2-1-3-7-18)27(44)38-22(9-5-15-37-30(34)35)26(43)40-24(28(45)46)17-19-10-12-20(41)13-11-19/h1-3,6-7,10-13,21-24,41H,4-5,8-9,14-17,31H2,(H,38,44)(H,39,42)(H,40,43)(H,45,46)(H4,32,33,36)(H4,34,35,37). The second kappa shape index (κ2) is 19.1. The number of phenols is 1. The highest BCUT2D eigenvalue weighted by Crippen LogP contribution is 2.12. The molecular formula is C30H44N10O6. The van der Waals surface area contributed by atoms with Crippen LogP contribution in [-0.2, 0) is 32.0 Å². The smallest absolute Gasteiger partial charge is 0.326 e. The number of carbonyl (C=O) groups excluding carboxylic acids is 3. The van der Waals surface area contributed by atoms with Crippen LogP contribution in [-0.4, -0.2) is 83.1 Å². The summed E-state index contributed by atoms with van der Waals surface area (Å²) < 4.78 is 0. The Hall–Kier alpha value is -5.38. The number of carbonyl (C=O) groups is 4. The summed E-state index contributed by atoms with van der Waals surface area (Å²) in [7, 11) is 0. The zero-order valence-corrected chi connectivity index (χ0v) is 25.5. The lowest BCUT2D eigenvalue weighted by molar-refractivity contribution is -0.142. The van der Waals surface area contributed by atoms with Crippen LogP contribution in [0.5, 0.6) is 5.75 Å². The van der Waals surface area contributed by atoms with Gasteiger partial charge in [-0.3, -0.25) is 24.4 Å². The molecule has 0 bridgehead atoms. The first-order valence-corrected chi connectivity index (χ1v) is 14.7. The molecular weight excluding hydrogens is 596 g/mol. The first-order valence-electron chi connectivity index (χ1n) is 14.7. The van der Waals surface area contributed by atoms with E-state index in [9.17, 15) is 29.4 Å². The third kappa shape index (κ3) is 13.9. The molecule has 4 atom stereocenters. The number of phenolic OH excluding ortho intramolecular Hbond substituents is 1. The lowest BCUT2D eigenvalue weighted by Gasteiger charge is -2.25. The van der Waals surface area contributed by atoms with Gasteiger partial charge < -0.3 is 54.8 Å². The molecule has 0 saturated carbocycles. The third-order valence-corrected chi connectivity index (χ3v) is 6.79. The minimum atomic E-state index is -1.34. The maximum absolute atomic E-state index is 13.6. The van der Waals surface area contributed by atoms with Gasteiger partial charge in [0.05, 0.1) is 6.04 Å². The third-order valence-electron chi connectivity index (χ3n) is 6.79. The Morgan fingerprint density at radius 2 is 1.13 bits per heavy atom. The Kier molecular flexibility index (Phi) is 15.3. The molecule has 2 aromatic rings. The molecule has 0 fully saturated rings.